The summed E-state index contributed by atoms with van der Waals surface area (Å²) in [5.41, 5.74) is 12.1. The maximum absolute atomic E-state index is 11.8. The number of carbonyl (C=O) groups excluding carboxylic acids is 1. The Hall–Kier alpha value is -3.54. The van der Waals surface area contributed by atoms with Gasteiger partial charge in [0, 0.05) is 29.1 Å². The number of benzene rings is 3. The lowest BCUT2D eigenvalue weighted by Gasteiger charge is -2.14. The highest BCUT2D eigenvalue weighted by Crippen LogP contribution is 2.39. The van der Waals surface area contributed by atoms with Crippen LogP contribution in [-0.2, 0) is 4.79 Å². The van der Waals surface area contributed by atoms with Crippen LogP contribution in [-0.4, -0.2) is 5.91 Å². The molecule has 0 aromatic heterocycles. The average Bonchev–Trinajstić information content (AvgIpc) is 3.00. The van der Waals surface area contributed by atoms with E-state index in [0.29, 0.717) is 16.3 Å². The van der Waals surface area contributed by atoms with E-state index in [-0.39, 0.29) is 5.91 Å². The van der Waals surface area contributed by atoms with Crippen molar-refractivity contribution in [3.05, 3.63) is 90.2 Å². The number of fused-ring (bicyclic) bond motifs is 1. The Kier molecular flexibility index (Phi) is 4.84. The molecule has 4 rings (SSSR count). The first-order valence-electron chi connectivity index (χ1n) is 8.95. The topological polar surface area (TPSA) is 84.4 Å². The summed E-state index contributed by atoms with van der Waals surface area (Å²) < 4.78 is 0. The lowest BCUT2D eigenvalue weighted by molar-refractivity contribution is -0.110. The lowest BCUT2D eigenvalue weighted by Crippen LogP contribution is -2.24. The van der Waals surface area contributed by atoms with Gasteiger partial charge < -0.3 is 11.1 Å². The summed E-state index contributed by atoms with van der Waals surface area (Å²) in [6.45, 7) is 3.85. The predicted octanol–water partition coefficient (Wildman–Crippen LogP) is 4.75. The van der Waals surface area contributed by atoms with E-state index in [0.717, 1.165) is 33.5 Å². The minimum Gasteiger partial charge on any atom is -0.403 e. The van der Waals surface area contributed by atoms with Crippen molar-refractivity contribution in [3.8, 4) is 22.3 Å². The Morgan fingerprint density at radius 2 is 1.52 bits per heavy atom. The van der Waals surface area contributed by atoms with E-state index < -0.39 is 0 Å². The van der Waals surface area contributed by atoms with Crippen LogP contribution < -0.4 is 21.9 Å². The Labute approximate surface area is 173 Å². The van der Waals surface area contributed by atoms with Gasteiger partial charge in [0.15, 0.2) is 0 Å². The van der Waals surface area contributed by atoms with Crippen molar-refractivity contribution in [2.75, 3.05) is 10.3 Å². The van der Waals surface area contributed by atoms with Gasteiger partial charge in [-0.2, -0.15) is 0 Å². The molecule has 0 bridgehead atoms. The average molecular weight is 403 g/mol. The van der Waals surface area contributed by atoms with Crippen LogP contribution in [0.5, 0.6) is 0 Å². The van der Waals surface area contributed by atoms with Gasteiger partial charge in [-0.05, 0) is 41.0 Å². The van der Waals surface area contributed by atoms with E-state index in [9.17, 15) is 4.79 Å². The number of rotatable bonds is 4. The fourth-order valence-electron chi connectivity index (χ4n) is 3.31. The van der Waals surface area contributed by atoms with Crippen molar-refractivity contribution in [1.29, 1.82) is 0 Å². The molecule has 0 aliphatic carbocycles. The zero-order valence-electron chi connectivity index (χ0n) is 15.5. The highest BCUT2D eigenvalue weighted by atomic mass is 35.5. The molecule has 1 heterocycles. The monoisotopic (exact) mass is 402 g/mol. The summed E-state index contributed by atoms with van der Waals surface area (Å²) >= 11 is 6.46. The number of hydrazine groups is 1. The summed E-state index contributed by atoms with van der Waals surface area (Å²) in [6, 6.07) is 19.6. The second-order valence-electron chi connectivity index (χ2n) is 6.68. The van der Waals surface area contributed by atoms with Crippen LogP contribution in [0.15, 0.2) is 79.6 Å². The summed E-state index contributed by atoms with van der Waals surface area (Å²) in [5, 5.41) is 4.80. The Morgan fingerprint density at radius 1 is 0.931 bits per heavy atom. The largest absolute Gasteiger partial charge is 0.403 e. The first-order chi connectivity index (χ1) is 14.0. The van der Waals surface area contributed by atoms with Crippen LogP contribution in [0.25, 0.3) is 27.8 Å². The normalized spacial score (nSPS) is 12.9. The summed E-state index contributed by atoms with van der Waals surface area (Å²) in [4.78, 5) is 11.8. The summed E-state index contributed by atoms with van der Waals surface area (Å²) in [7, 11) is 0. The van der Waals surface area contributed by atoms with Crippen LogP contribution in [0.4, 0.5) is 11.4 Å². The summed E-state index contributed by atoms with van der Waals surface area (Å²) in [6.07, 6.45) is 2.97. The maximum Gasteiger partial charge on any atom is 0.255 e. The number of hydrogen-bond donors (Lipinski definition) is 3. The summed E-state index contributed by atoms with van der Waals surface area (Å²) in [5.74, 6) is 5.68. The van der Waals surface area contributed by atoms with Gasteiger partial charge in [-0.25, -0.2) is 5.84 Å². The molecule has 3 aromatic carbocycles. The molecule has 5 nitrogen and oxygen atoms in total. The van der Waals surface area contributed by atoms with Gasteiger partial charge >= 0.3 is 0 Å². The van der Waals surface area contributed by atoms with Gasteiger partial charge in [-0.1, -0.05) is 54.6 Å². The number of anilines is 2. The molecule has 0 spiro atoms. The van der Waals surface area contributed by atoms with Gasteiger partial charge in [0.2, 0.25) is 0 Å². The number of nitrogens with one attached hydrogen (secondary N) is 1. The molecule has 0 saturated carbocycles. The van der Waals surface area contributed by atoms with Gasteiger partial charge in [0.05, 0.1) is 16.4 Å². The van der Waals surface area contributed by atoms with Crippen molar-refractivity contribution >= 4 is 34.5 Å². The van der Waals surface area contributed by atoms with E-state index in [1.807, 2.05) is 54.6 Å². The van der Waals surface area contributed by atoms with Crippen LogP contribution in [0, 0.1) is 0 Å². The second kappa shape index (κ2) is 7.47. The van der Waals surface area contributed by atoms with Crippen molar-refractivity contribution < 1.29 is 4.79 Å². The maximum atomic E-state index is 11.8. The van der Waals surface area contributed by atoms with E-state index in [1.165, 1.54) is 11.2 Å². The van der Waals surface area contributed by atoms with Crippen molar-refractivity contribution in [2.24, 2.45) is 11.6 Å². The van der Waals surface area contributed by atoms with Crippen LogP contribution in [0.1, 0.15) is 5.56 Å². The van der Waals surface area contributed by atoms with Crippen molar-refractivity contribution in [1.82, 2.24) is 0 Å². The predicted molar refractivity (Wildman–Crippen MR) is 120 cm³/mol. The number of hydrogen-bond acceptors (Lipinski definition) is 4. The lowest BCUT2D eigenvalue weighted by atomic mass is 9.97. The third-order valence-corrected chi connectivity index (χ3v) is 5.21. The van der Waals surface area contributed by atoms with E-state index >= 15 is 0 Å². The van der Waals surface area contributed by atoms with Crippen LogP contribution in [0.3, 0.4) is 0 Å². The Balaban J connectivity index is 1.62. The third-order valence-electron chi connectivity index (χ3n) is 4.90. The number of halogens is 1. The molecule has 0 unspecified atom stereocenters. The number of nitrogens with zero attached hydrogens (tertiary/aromatic N) is 1. The highest BCUT2D eigenvalue weighted by molar-refractivity contribution is 6.36. The smallest absolute Gasteiger partial charge is 0.255 e. The number of carbonyl (C=O) groups is 1. The minimum atomic E-state index is -0.190. The highest BCUT2D eigenvalue weighted by Gasteiger charge is 2.24. The molecule has 0 saturated heterocycles. The molecule has 3 aromatic rings. The third kappa shape index (κ3) is 3.49. The molecule has 1 amide bonds. The van der Waals surface area contributed by atoms with Gasteiger partial charge in [-0.3, -0.25) is 9.80 Å². The first kappa shape index (κ1) is 18.8. The molecule has 0 fully saturated rings. The standard InChI is InChI=1S/C23H19ClN4O/c1-14-19-12-20(21(24)13-22(19)27-23(14)29)17-4-2-15(3-5-17)16-6-8-18(9-7-16)28(26)11-10-25/h2-13H,1,25-26H2,(H,27,29)/b11-10-. The molecular weight excluding hydrogens is 384 g/mol. The van der Waals surface area contributed by atoms with Gasteiger partial charge in [0.25, 0.3) is 5.91 Å². The van der Waals surface area contributed by atoms with Gasteiger partial charge in [-0.15, -0.1) is 0 Å². The van der Waals surface area contributed by atoms with Crippen LogP contribution >= 0.6 is 11.6 Å². The SMILES string of the molecule is C=C1C(=O)Nc2cc(Cl)c(-c3ccc(-c4ccc(N(N)/C=C\N)cc4)cc3)cc21. The molecule has 144 valence electrons. The first-order valence-corrected chi connectivity index (χ1v) is 9.33. The van der Waals surface area contributed by atoms with E-state index in [2.05, 4.69) is 11.9 Å². The Morgan fingerprint density at radius 3 is 2.14 bits per heavy atom. The number of amides is 1. The van der Waals surface area contributed by atoms with Crippen LogP contribution in [0.2, 0.25) is 5.02 Å². The fourth-order valence-corrected chi connectivity index (χ4v) is 3.59. The second-order valence-corrected chi connectivity index (χ2v) is 7.09. The Bertz CT molecular complexity index is 1130. The quantitative estimate of drug-likeness (QED) is 0.334. The molecule has 5 N–H and O–H groups in total. The molecule has 1 aliphatic rings. The molecule has 0 atom stereocenters. The van der Waals surface area contributed by atoms with Gasteiger partial charge in [0.1, 0.15) is 0 Å². The number of nitrogens with two attached hydrogens (primary N) is 2. The molecule has 6 heteroatoms. The molecule has 1 aliphatic heterocycles. The van der Waals surface area contributed by atoms with E-state index in [4.69, 9.17) is 23.2 Å². The minimum absolute atomic E-state index is 0.190. The molecule has 29 heavy (non-hydrogen) atoms. The molecular formula is C23H19ClN4O. The fraction of sp³-hybridized carbons (Fsp3) is 0. The van der Waals surface area contributed by atoms with Crippen molar-refractivity contribution in [3.63, 3.8) is 0 Å². The molecule has 0 radical (unpaired) electrons. The zero-order valence-corrected chi connectivity index (χ0v) is 16.3. The van der Waals surface area contributed by atoms with Crippen molar-refractivity contribution in [2.45, 2.75) is 0 Å². The van der Waals surface area contributed by atoms with E-state index in [1.54, 1.807) is 12.3 Å². The zero-order chi connectivity index (χ0) is 20.5.